The van der Waals surface area contributed by atoms with Crippen LogP contribution in [0, 0.1) is 0 Å². The van der Waals surface area contributed by atoms with Crippen LogP contribution in [0.5, 0.6) is 0 Å². The molecule has 1 N–H and O–H groups in total. The first-order valence-corrected chi connectivity index (χ1v) is 5.91. The number of aryl methyl sites for hydroxylation is 2. The third-order valence-electron chi connectivity index (χ3n) is 2.28. The van der Waals surface area contributed by atoms with Gasteiger partial charge in [0.2, 0.25) is 0 Å². The Morgan fingerprint density at radius 1 is 1.33 bits per heavy atom. The molecule has 0 amide bonds. The summed E-state index contributed by atoms with van der Waals surface area (Å²) < 4.78 is 1.08. The van der Waals surface area contributed by atoms with Crippen LogP contribution < -0.4 is 0 Å². The second-order valence-corrected chi connectivity index (χ2v) is 4.48. The summed E-state index contributed by atoms with van der Waals surface area (Å²) in [6, 6.07) is 6.30. The van der Waals surface area contributed by atoms with Gasteiger partial charge in [0.05, 0.1) is 0 Å². The van der Waals surface area contributed by atoms with Gasteiger partial charge in [0, 0.05) is 10.9 Å². The summed E-state index contributed by atoms with van der Waals surface area (Å²) >= 11 is 3.46. The van der Waals surface area contributed by atoms with E-state index in [0.717, 1.165) is 17.3 Å². The SMILES string of the molecule is CCc1cc(Br)cc(CCCC(=O)O)c1. The van der Waals surface area contributed by atoms with Gasteiger partial charge in [-0.3, -0.25) is 4.79 Å². The van der Waals surface area contributed by atoms with Gasteiger partial charge in [-0.25, -0.2) is 0 Å². The van der Waals surface area contributed by atoms with E-state index in [0.29, 0.717) is 6.42 Å². The predicted molar refractivity (Wildman–Crippen MR) is 64.1 cm³/mol. The minimum absolute atomic E-state index is 0.244. The molecule has 1 aromatic rings. The van der Waals surface area contributed by atoms with Crippen LogP contribution in [0.15, 0.2) is 22.7 Å². The molecule has 0 atom stereocenters. The number of hydrogen-bond acceptors (Lipinski definition) is 1. The third-order valence-corrected chi connectivity index (χ3v) is 2.74. The van der Waals surface area contributed by atoms with E-state index in [1.807, 2.05) is 0 Å². The summed E-state index contributed by atoms with van der Waals surface area (Å²) in [5.41, 5.74) is 2.50. The Kier molecular flexibility index (Phi) is 4.82. The maximum absolute atomic E-state index is 10.4. The summed E-state index contributed by atoms with van der Waals surface area (Å²) in [5.74, 6) is -0.722. The van der Waals surface area contributed by atoms with Crippen molar-refractivity contribution in [3.05, 3.63) is 33.8 Å². The van der Waals surface area contributed by atoms with Gasteiger partial charge in [0.1, 0.15) is 0 Å². The van der Waals surface area contributed by atoms with Crippen LogP contribution in [0.3, 0.4) is 0 Å². The number of carboxylic acid groups (broad SMARTS) is 1. The molecule has 3 heteroatoms. The molecule has 82 valence electrons. The Morgan fingerprint density at radius 3 is 2.60 bits per heavy atom. The zero-order valence-electron chi connectivity index (χ0n) is 8.79. The van der Waals surface area contributed by atoms with Gasteiger partial charge in [-0.2, -0.15) is 0 Å². The second kappa shape index (κ2) is 5.91. The molecule has 0 aromatic heterocycles. The van der Waals surface area contributed by atoms with Crippen LogP contribution in [0.1, 0.15) is 30.9 Å². The summed E-state index contributed by atoms with van der Waals surface area (Å²) in [6.45, 7) is 2.11. The Labute approximate surface area is 98.4 Å². The van der Waals surface area contributed by atoms with Gasteiger partial charge in [0.15, 0.2) is 0 Å². The van der Waals surface area contributed by atoms with Crippen LogP contribution in [-0.2, 0) is 17.6 Å². The van der Waals surface area contributed by atoms with Crippen LogP contribution in [0.25, 0.3) is 0 Å². The van der Waals surface area contributed by atoms with Crippen molar-refractivity contribution in [1.29, 1.82) is 0 Å². The van der Waals surface area contributed by atoms with Crippen molar-refractivity contribution in [1.82, 2.24) is 0 Å². The topological polar surface area (TPSA) is 37.3 Å². The molecule has 0 saturated heterocycles. The van der Waals surface area contributed by atoms with Gasteiger partial charge >= 0.3 is 5.97 Å². The molecule has 0 radical (unpaired) electrons. The van der Waals surface area contributed by atoms with Crippen molar-refractivity contribution in [2.75, 3.05) is 0 Å². The quantitative estimate of drug-likeness (QED) is 0.890. The number of rotatable bonds is 5. The molecule has 0 fully saturated rings. The normalized spacial score (nSPS) is 10.3. The summed E-state index contributed by atoms with van der Waals surface area (Å²) in [5, 5.41) is 8.54. The molecule has 0 bridgehead atoms. The number of carbonyl (C=O) groups is 1. The first-order chi connectivity index (χ1) is 7.11. The highest BCUT2D eigenvalue weighted by Crippen LogP contribution is 2.17. The van der Waals surface area contributed by atoms with E-state index in [9.17, 15) is 4.79 Å². The fraction of sp³-hybridized carbons (Fsp3) is 0.417. The largest absolute Gasteiger partial charge is 0.481 e. The molecule has 0 unspecified atom stereocenters. The molecule has 0 aliphatic heterocycles. The molecule has 0 saturated carbocycles. The van der Waals surface area contributed by atoms with E-state index < -0.39 is 5.97 Å². The molecule has 0 aliphatic carbocycles. The lowest BCUT2D eigenvalue weighted by Crippen LogP contribution is -1.96. The van der Waals surface area contributed by atoms with Gasteiger partial charge in [-0.05, 0) is 42.5 Å². The minimum atomic E-state index is -0.722. The van der Waals surface area contributed by atoms with Crippen LogP contribution >= 0.6 is 15.9 Å². The first-order valence-electron chi connectivity index (χ1n) is 5.12. The van der Waals surface area contributed by atoms with Crippen molar-refractivity contribution in [3.8, 4) is 0 Å². The van der Waals surface area contributed by atoms with Crippen molar-refractivity contribution in [3.63, 3.8) is 0 Å². The van der Waals surface area contributed by atoms with Crippen molar-refractivity contribution < 1.29 is 9.90 Å². The standard InChI is InChI=1S/C12H15BrO2/c1-2-9-6-10(8-11(13)7-9)4-3-5-12(14)15/h6-8H,2-5H2,1H3,(H,14,15). The van der Waals surface area contributed by atoms with Gasteiger partial charge in [0.25, 0.3) is 0 Å². The van der Waals surface area contributed by atoms with Gasteiger partial charge < -0.3 is 5.11 Å². The highest BCUT2D eigenvalue weighted by atomic mass is 79.9. The molecule has 0 heterocycles. The molecule has 2 nitrogen and oxygen atoms in total. The molecule has 1 aromatic carbocycles. The maximum atomic E-state index is 10.4. The van der Waals surface area contributed by atoms with Crippen molar-refractivity contribution in [2.45, 2.75) is 32.6 Å². The van der Waals surface area contributed by atoms with Crippen LogP contribution in [0.2, 0.25) is 0 Å². The maximum Gasteiger partial charge on any atom is 0.303 e. The number of hydrogen-bond donors (Lipinski definition) is 1. The monoisotopic (exact) mass is 270 g/mol. The van der Waals surface area contributed by atoms with Crippen LogP contribution in [0.4, 0.5) is 0 Å². The molecule has 15 heavy (non-hydrogen) atoms. The summed E-state index contributed by atoms with van der Waals surface area (Å²) in [7, 11) is 0. The van der Waals surface area contributed by atoms with Crippen LogP contribution in [-0.4, -0.2) is 11.1 Å². The lowest BCUT2D eigenvalue weighted by Gasteiger charge is -2.04. The zero-order chi connectivity index (χ0) is 11.3. The second-order valence-electron chi connectivity index (χ2n) is 3.57. The third kappa shape index (κ3) is 4.47. The molecular weight excluding hydrogens is 256 g/mol. The predicted octanol–water partition coefficient (Wildman–Crippen LogP) is 3.42. The highest BCUT2D eigenvalue weighted by Gasteiger charge is 2.01. The lowest BCUT2D eigenvalue weighted by atomic mass is 10.0. The first kappa shape index (κ1) is 12.2. The zero-order valence-corrected chi connectivity index (χ0v) is 10.4. The van der Waals surface area contributed by atoms with E-state index in [4.69, 9.17) is 5.11 Å². The lowest BCUT2D eigenvalue weighted by molar-refractivity contribution is -0.137. The number of halogens is 1. The Bertz CT molecular complexity index is 347. The molecular formula is C12H15BrO2. The average molecular weight is 271 g/mol. The Balaban J connectivity index is 2.60. The molecule has 0 spiro atoms. The fourth-order valence-corrected chi connectivity index (χ4v) is 2.10. The molecule has 1 rings (SSSR count). The van der Waals surface area contributed by atoms with Gasteiger partial charge in [-0.1, -0.05) is 28.9 Å². The smallest absolute Gasteiger partial charge is 0.303 e. The van der Waals surface area contributed by atoms with E-state index in [2.05, 4.69) is 41.1 Å². The van der Waals surface area contributed by atoms with Gasteiger partial charge in [-0.15, -0.1) is 0 Å². The summed E-state index contributed by atoms with van der Waals surface area (Å²) in [4.78, 5) is 10.4. The Hall–Kier alpha value is -0.830. The van der Waals surface area contributed by atoms with E-state index in [1.54, 1.807) is 0 Å². The van der Waals surface area contributed by atoms with E-state index in [1.165, 1.54) is 11.1 Å². The van der Waals surface area contributed by atoms with E-state index >= 15 is 0 Å². The van der Waals surface area contributed by atoms with E-state index in [-0.39, 0.29) is 6.42 Å². The number of aliphatic carboxylic acids is 1. The average Bonchev–Trinajstić information content (AvgIpc) is 2.16. The van der Waals surface area contributed by atoms with Crippen molar-refractivity contribution in [2.24, 2.45) is 0 Å². The minimum Gasteiger partial charge on any atom is -0.481 e. The summed E-state index contributed by atoms with van der Waals surface area (Å²) in [6.07, 6.45) is 2.78. The molecule has 0 aliphatic rings. The number of carboxylic acids is 1. The fourth-order valence-electron chi connectivity index (χ4n) is 1.51. The Morgan fingerprint density at radius 2 is 2.00 bits per heavy atom. The van der Waals surface area contributed by atoms with Crippen molar-refractivity contribution >= 4 is 21.9 Å². The number of benzene rings is 1. The highest BCUT2D eigenvalue weighted by molar-refractivity contribution is 9.10.